The van der Waals surface area contributed by atoms with Crippen molar-refractivity contribution in [1.82, 2.24) is 5.32 Å². The summed E-state index contributed by atoms with van der Waals surface area (Å²) in [5, 5.41) is 12.7. The highest BCUT2D eigenvalue weighted by Crippen LogP contribution is 2.19. The monoisotopic (exact) mass is 223 g/mol. The van der Waals surface area contributed by atoms with Crippen molar-refractivity contribution in [2.24, 2.45) is 5.92 Å². The summed E-state index contributed by atoms with van der Waals surface area (Å²) in [6.45, 7) is 5.47. The molecular formula is C13H21NO2. The van der Waals surface area contributed by atoms with Gasteiger partial charge >= 0.3 is 0 Å². The SMILES string of the molecule is CNCC(O)c1cccc(OCC(C)C)c1. The molecule has 0 spiro atoms. The first-order chi connectivity index (χ1) is 7.63. The normalized spacial score (nSPS) is 12.8. The Hall–Kier alpha value is -1.06. The number of rotatable bonds is 6. The van der Waals surface area contributed by atoms with Crippen molar-refractivity contribution in [2.45, 2.75) is 20.0 Å². The van der Waals surface area contributed by atoms with Crippen molar-refractivity contribution in [3.63, 3.8) is 0 Å². The van der Waals surface area contributed by atoms with E-state index in [2.05, 4.69) is 19.2 Å². The fourth-order valence-corrected chi connectivity index (χ4v) is 1.39. The zero-order valence-corrected chi connectivity index (χ0v) is 10.2. The zero-order valence-electron chi connectivity index (χ0n) is 10.2. The third kappa shape index (κ3) is 4.21. The number of likely N-dealkylation sites (N-methyl/N-ethyl adjacent to an activating group) is 1. The first-order valence-corrected chi connectivity index (χ1v) is 5.69. The second kappa shape index (κ2) is 6.51. The van der Waals surface area contributed by atoms with Crippen LogP contribution in [-0.2, 0) is 0 Å². The summed E-state index contributed by atoms with van der Waals surface area (Å²) in [5.74, 6) is 1.33. The lowest BCUT2D eigenvalue weighted by molar-refractivity contribution is 0.177. The third-order valence-electron chi connectivity index (χ3n) is 2.22. The standard InChI is InChI=1S/C13H21NO2/c1-10(2)9-16-12-6-4-5-11(7-12)13(15)8-14-3/h4-7,10,13-15H,8-9H2,1-3H3. The maximum Gasteiger partial charge on any atom is 0.119 e. The number of nitrogens with one attached hydrogen (secondary N) is 1. The Morgan fingerprint density at radius 1 is 1.38 bits per heavy atom. The lowest BCUT2D eigenvalue weighted by Gasteiger charge is -2.13. The van der Waals surface area contributed by atoms with E-state index < -0.39 is 6.10 Å². The molecule has 1 atom stereocenters. The Bertz CT molecular complexity index is 313. The van der Waals surface area contributed by atoms with Gasteiger partial charge in [0.25, 0.3) is 0 Å². The topological polar surface area (TPSA) is 41.5 Å². The van der Waals surface area contributed by atoms with Gasteiger partial charge in [-0.25, -0.2) is 0 Å². The molecule has 0 aromatic heterocycles. The smallest absolute Gasteiger partial charge is 0.119 e. The van der Waals surface area contributed by atoms with Crippen molar-refractivity contribution in [3.8, 4) is 5.75 Å². The number of hydrogen-bond acceptors (Lipinski definition) is 3. The number of aliphatic hydroxyl groups is 1. The van der Waals surface area contributed by atoms with Gasteiger partial charge in [0.1, 0.15) is 5.75 Å². The van der Waals surface area contributed by atoms with Crippen LogP contribution in [0.1, 0.15) is 25.5 Å². The quantitative estimate of drug-likeness (QED) is 0.774. The van der Waals surface area contributed by atoms with Crippen molar-refractivity contribution in [2.75, 3.05) is 20.2 Å². The summed E-state index contributed by atoms with van der Waals surface area (Å²) in [7, 11) is 1.82. The van der Waals surface area contributed by atoms with Gasteiger partial charge in [-0.05, 0) is 30.7 Å². The lowest BCUT2D eigenvalue weighted by Crippen LogP contribution is -2.16. The molecule has 0 radical (unpaired) electrons. The predicted octanol–water partition coefficient (Wildman–Crippen LogP) is 1.97. The van der Waals surface area contributed by atoms with Gasteiger partial charge in [-0.3, -0.25) is 0 Å². The number of aliphatic hydroxyl groups excluding tert-OH is 1. The van der Waals surface area contributed by atoms with E-state index in [-0.39, 0.29) is 0 Å². The van der Waals surface area contributed by atoms with Crippen LogP contribution in [0.5, 0.6) is 5.75 Å². The van der Waals surface area contributed by atoms with Gasteiger partial charge in [-0.2, -0.15) is 0 Å². The van der Waals surface area contributed by atoms with Crippen LogP contribution in [0.3, 0.4) is 0 Å². The molecule has 0 aliphatic carbocycles. The maximum absolute atomic E-state index is 9.80. The molecule has 0 amide bonds. The predicted molar refractivity (Wildman–Crippen MR) is 65.7 cm³/mol. The minimum absolute atomic E-state index is 0.479. The lowest BCUT2D eigenvalue weighted by atomic mass is 10.1. The first kappa shape index (κ1) is 13.0. The molecule has 0 heterocycles. The summed E-state index contributed by atoms with van der Waals surface area (Å²) < 4.78 is 5.60. The Kier molecular flexibility index (Phi) is 5.29. The van der Waals surface area contributed by atoms with Crippen LogP contribution < -0.4 is 10.1 Å². The minimum atomic E-state index is -0.479. The van der Waals surface area contributed by atoms with Gasteiger partial charge in [-0.15, -0.1) is 0 Å². The van der Waals surface area contributed by atoms with E-state index >= 15 is 0 Å². The Morgan fingerprint density at radius 2 is 2.12 bits per heavy atom. The van der Waals surface area contributed by atoms with Gasteiger partial charge in [0, 0.05) is 6.54 Å². The summed E-state index contributed by atoms with van der Waals surface area (Å²) in [5.41, 5.74) is 0.885. The molecule has 0 bridgehead atoms. The van der Waals surface area contributed by atoms with Gasteiger partial charge in [0.2, 0.25) is 0 Å². The van der Waals surface area contributed by atoms with Crippen LogP contribution in [0.25, 0.3) is 0 Å². The van der Waals surface area contributed by atoms with E-state index in [0.717, 1.165) is 11.3 Å². The van der Waals surface area contributed by atoms with Crippen LogP contribution in [0.4, 0.5) is 0 Å². The Labute approximate surface area is 97.4 Å². The molecule has 2 N–H and O–H groups in total. The van der Waals surface area contributed by atoms with Gasteiger partial charge < -0.3 is 15.2 Å². The summed E-state index contributed by atoms with van der Waals surface area (Å²) in [4.78, 5) is 0. The van der Waals surface area contributed by atoms with E-state index in [1.54, 1.807) is 0 Å². The molecule has 0 saturated heterocycles. The maximum atomic E-state index is 9.80. The molecule has 1 unspecified atom stereocenters. The summed E-state index contributed by atoms with van der Waals surface area (Å²) >= 11 is 0. The van der Waals surface area contributed by atoms with E-state index in [9.17, 15) is 5.11 Å². The highest BCUT2D eigenvalue weighted by Gasteiger charge is 2.07. The average Bonchev–Trinajstić information content (AvgIpc) is 2.27. The largest absolute Gasteiger partial charge is 0.493 e. The second-order valence-corrected chi connectivity index (χ2v) is 4.35. The van der Waals surface area contributed by atoms with E-state index in [1.807, 2.05) is 31.3 Å². The third-order valence-corrected chi connectivity index (χ3v) is 2.22. The molecule has 0 aliphatic heterocycles. The summed E-state index contributed by atoms with van der Waals surface area (Å²) in [6.07, 6.45) is -0.479. The van der Waals surface area contributed by atoms with Crippen molar-refractivity contribution in [3.05, 3.63) is 29.8 Å². The highest BCUT2D eigenvalue weighted by atomic mass is 16.5. The van der Waals surface area contributed by atoms with Crippen LogP contribution in [0, 0.1) is 5.92 Å². The average molecular weight is 223 g/mol. The van der Waals surface area contributed by atoms with Crippen LogP contribution in [0.2, 0.25) is 0 Å². The highest BCUT2D eigenvalue weighted by molar-refractivity contribution is 5.30. The molecule has 90 valence electrons. The minimum Gasteiger partial charge on any atom is -0.493 e. The van der Waals surface area contributed by atoms with E-state index in [1.165, 1.54) is 0 Å². The number of hydrogen-bond donors (Lipinski definition) is 2. The second-order valence-electron chi connectivity index (χ2n) is 4.35. The molecule has 3 nitrogen and oxygen atoms in total. The van der Waals surface area contributed by atoms with E-state index in [4.69, 9.17) is 4.74 Å². The van der Waals surface area contributed by atoms with Gasteiger partial charge in [0.15, 0.2) is 0 Å². The first-order valence-electron chi connectivity index (χ1n) is 5.69. The fraction of sp³-hybridized carbons (Fsp3) is 0.538. The van der Waals surface area contributed by atoms with Crippen LogP contribution in [0.15, 0.2) is 24.3 Å². The Balaban J connectivity index is 2.63. The molecule has 16 heavy (non-hydrogen) atoms. The number of benzene rings is 1. The molecule has 1 aromatic carbocycles. The van der Waals surface area contributed by atoms with Crippen molar-refractivity contribution < 1.29 is 9.84 Å². The van der Waals surface area contributed by atoms with Gasteiger partial charge in [0.05, 0.1) is 12.7 Å². The molecule has 3 heteroatoms. The fourth-order valence-electron chi connectivity index (χ4n) is 1.39. The van der Waals surface area contributed by atoms with Crippen LogP contribution >= 0.6 is 0 Å². The molecule has 0 aliphatic rings. The molecule has 0 saturated carbocycles. The van der Waals surface area contributed by atoms with Crippen LogP contribution in [-0.4, -0.2) is 25.3 Å². The molecule has 1 aromatic rings. The summed E-state index contributed by atoms with van der Waals surface area (Å²) in [6, 6.07) is 7.62. The van der Waals surface area contributed by atoms with E-state index in [0.29, 0.717) is 19.1 Å². The van der Waals surface area contributed by atoms with Crippen molar-refractivity contribution >= 4 is 0 Å². The van der Waals surface area contributed by atoms with Crippen molar-refractivity contribution in [1.29, 1.82) is 0 Å². The molecule has 1 rings (SSSR count). The molecule has 0 fully saturated rings. The Morgan fingerprint density at radius 3 is 2.75 bits per heavy atom. The van der Waals surface area contributed by atoms with Gasteiger partial charge in [-0.1, -0.05) is 26.0 Å². The number of ether oxygens (including phenoxy) is 1. The molecular weight excluding hydrogens is 202 g/mol. The zero-order chi connectivity index (χ0) is 12.0.